The average molecular weight is 438 g/mol. The minimum Gasteiger partial charge on any atom is -0.349 e. The van der Waals surface area contributed by atoms with Crippen molar-refractivity contribution in [1.82, 2.24) is 25.6 Å². The van der Waals surface area contributed by atoms with Gasteiger partial charge in [-0.25, -0.2) is 0 Å². The molecule has 0 saturated carbocycles. The van der Waals surface area contributed by atoms with E-state index in [1.165, 1.54) is 0 Å². The predicted octanol–water partition coefficient (Wildman–Crippen LogP) is 4.24. The number of hydrogen-bond donors (Lipinski definition) is 4. The SMILES string of the molecule is CCC(C)C(=O)Nc1cccc2cc(C(=O)Nc3ccc(Cl)cc3-c3nn[nH]n3)[nH]c12. The number of benzene rings is 2. The highest BCUT2D eigenvalue weighted by Crippen LogP contribution is 2.29. The third-order valence-corrected chi connectivity index (χ3v) is 5.27. The van der Waals surface area contributed by atoms with Gasteiger partial charge < -0.3 is 15.6 Å². The molecule has 0 radical (unpaired) electrons. The van der Waals surface area contributed by atoms with Gasteiger partial charge in [0.15, 0.2) is 0 Å². The van der Waals surface area contributed by atoms with Crippen LogP contribution in [0.3, 0.4) is 0 Å². The van der Waals surface area contributed by atoms with E-state index in [1.807, 2.05) is 26.0 Å². The zero-order valence-electron chi connectivity index (χ0n) is 16.9. The Bertz CT molecular complexity index is 1250. The number of halogens is 1. The van der Waals surface area contributed by atoms with E-state index in [2.05, 4.69) is 36.2 Å². The van der Waals surface area contributed by atoms with Crippen molar-refractivity contribution < 1.29 is 9.59 Å². The molecule has 0 spiro atoms. The summed E-state index contributed by atoms with van der Waals surface area (Å²) in [5.41, 5.74) is 2.67. The van der Waals surface area contributed by atoms with Gasteiger partial charge >= 0.3 is 0 Å². The third-order valence-electron chi connectivity index (χ3n) is 5.03. The van der Waals surface area contributed by atoms with Gasteiger partial charge in [-0.2, -0.15) is 5.21 Å². The molecule has 0 fully saturated rings. The topological polar surface area (TPSA) is 128 Å². The molecule has 2 heterocycles. The Hall–Kier alpha value is -3.72. The molecule has 1 atom stereocenters. The van der Waals surface area contributed by atoms with E-state index in [9.17, 15) is 9.59 Å². The number of nitrogens with one attached hydrogen (secondary N) is 4. The number of aromatic nitrogens is 5. The van der Waals surface area contributed by atoms with Gasteiger partial charge in [0.25, 0.3) is 5.91 Å². The van der Waals surface area contributed by atoms with Crippen LogP contribution in [0.2, 0.25) is 5.02 Å². The normalized spacial score (nSPS) is 12.0. The van der Waals surface area contributed by atoms with Gasteiger partial charge in [0.1, 0.15) is 5.69 Å². The van der Waals surface area contributed by atoms with E-state index in [4.69, 9.17) is 11.6 Å². The molecule has 4 N–H and O–H groups in total. The molecule has 0 aliphatic rings. The zero-order chi connectivity index (χ0) is 22.0. The summed E-state index contributed by atoms with van der Waals surface area (Å²) in [7, 11) is 0. The summed E-state index contributed by atoms with van der Waals surface area (Å²) in [6.07, 6.45) is 0.740. The number of H-pyrrole nitrogens is 2. The van der Waals surface area contributed by atoms with Crippen molar-refractivity contribution in [2.24, 2.45) is 5.92 Å². The Morgan fingerprint density at radius 2 is 1.97 bits per heavy atom. The first-order chi connectivity index (χ1) is 15.0. The second-order valence-corrected chi connectivity index (χ2v) is 7.57. The first-order valence-electron chi connectivity index (χ1n) is 9.73. The molecule has 31 heavy (non-hydrogen) atoms. The van der Waals surface area contributed by atoms with Gasteiger partial charge in [0, 0.05) is 21.9 Å². The van der Waals surface area contributed by atoms with Crippen molar-refractivity contribution in [2.45, 2.75) is 20.3 Å². The molecule has 0 aliphatic heterocycles. The standard InChI is InChI=1S/C21H20ClN7O2/c1-3-11(2)20(30)25-16-6-4-5-12-9-17(23-18(12)16)21(31)24-15-8-7-13(22)10-14(15)19-26-28-29-27-19/h4-11,23H,3H2,1-2H3,(H,24,31)(H,25,30)(H,26,27,28,29). The molecule has 2 aromatic heterocycles. The molecule has 4 aromatic rings. The molecule has 4 rings (SSSR count). The van der Waals surface area contributed by atoms with Crippen LogP contribution in [0.5, 0.6) is 0 Å². The first kappa shape index (κ1) is 20.5. The van der Waals surface area contributed by atoms with Gasteiger partial charge in [-0.3, -0.25) is 9.59 Å². The number of para-hydroxylation sites is 1. The van der Waals surface area contributed by atoms with Crippen LogP contribution in [-0.2, 0) is 4.79 Å². The van der Waals surface area contributed by atoms with Gasteiger partial charge in [-0.05, 0) is 42.0 Å². The van der Waals surface area contributed by atoms with Crippen molar-refractivity contribution in [2.75, 3.05) is 10.6 Å². The average Bonchev–Trinajstić information content (AvgIpc) is 3.44. The first-order valence-corrected chi connectivity index (χ1v) is 10.1. The number of rotatable bonds is 6. The Labute approximate surface area is 182 Å². The summed E-state index contributed by atoms with van der Waals surface area (Å²) in [4.78, 5) is 28.4. The van der Waals surface area contributed by atoms with Gasteiger partial charge in [0.05, 0.1) is 16.9 Å². The highest BCUT2D eigenvalue weighted by atomic mass is 35.5. The van der Waals surface area contributed by atoms with Crippen molar-refractivity contribution in [3.05, 3.63) is 53.2 Å². The Kier molecular flexibility index (Phi) is 5.68. The number of anilines is 2. The fourth-order valence-electron chi connectivity index (χ4n) is 3.10. The van der Waals surface area contributed by atoms with Crippen LogP contribution in [-0.4, -0.2) is 37.4 Å². The van der Waals surface area contributed by atoms with Crippen LogP contribution in [0.4, 0.5) is 11.4 Å². The predicted molar refractivity (Wildman–Crippen MR) is 119 cm³/mol. The van der Waals surface area contributed by atoms with E-state index in [0.717, 1.165) is 11.8 Å². The van der Waals surface area contributed by atoms with Gasteiger partial charge in [-0.1, -0.05) is 37.6 Å². The number of fused-ring (bicyclic) bond motifs is 1. The van der Waals surface area contributed by atoms with Gasteiger partial charge in [-0.15, -0.1) is 10.2 Å². The number of tetrazole rings is 1. The van der Waals surface area contributed by atoms with E-state index in [1.54, 1.807) is 30.3 Å². The lowest BCUT2D eigenvalue weighted by molar-refractivity contribution is -0.119. The fourth-order valence-corrected chi connectivity index (χ4v) is 3.27. The second-order valence-electron chi connectivity index (χ2n) is 7.13. The number of aromatic amines is 2. The number of hydrogen-bond acceptors (Lipinski definition) is 5. The van der Waals surface area contributed by atoms with Crippen LogP contribution in [0.15, 0.2) is 42.5 Å². The van der Waals surface area contributed by atoms with Crippen molar-refractivity contribution >= 4 is 45.7 Å². The van der Waals surface area contributed by atoms with Crippen molar-refractivity contribution in [3.63, 3.8) is 0 Å². The summed E-state index contributed by atoms with van der Waals surface area (Å²) in [5, 5.41) is 20.9. The van der Waals surface area contributed by atoms with E-state index in [0.29, 0.717) is 39.0 Å². The largest absolute Gasteiger partial charge is 0.349 e. The molecular weight excluding hydrogens is 418 g/mol. The van der Waals surface area contributed by atoms with Crippen LogP contribution >= 0.6 is 11.6 Å². The highest BCUT2D eigenvalue weighted by Gasteiger charge is 2.17. The summed E-state index contributed by atoms with van der Waals surface area (Å²) < 4.78 is 0. The fraction of sp³-hybridized carbons (Fsp3) is 0.190. The third kappa shape index (κ3) is 4.26. The second kappa shape index (κ2) is 8.57. The summed E-state index contributed by atoms with van der Waals surface area (Å²) >= 11 is 6.09. The molecule has 2 aromatic carbocycles. The van der Waals surface area contributed by atoms with Gasteiger partial charge in [0.2, 0.25) is 11.7 Å². The molecule has 0 bridgehead atoms. The van der Waals surface area contributed by atoms with Crippen LogP contribution < -0.4 is 10.6 Å². The van der Waals surface area contributed by atoms with E-state index >= 15 is 0 Å². The molecular formula is C21H20ClN7O2. The van der Waals surface area contributed by atoms with Crippen LogP contribution in [0, 0.1) is 5.92 Å². The zero-order valence-corrected chi connectivity index (χ0v) is 17.6. The molecule has 2 amide bonds. The van der Waals surface area contributed by atoms with E-state index in [-0.39, 0.29) is 17.7 Å². The maximum absolute atomic E-state index is 13.0. The highest BCUT2D eigenvalue weighted by molar-refractivity contribution is 6.31. The molecule has 0 aliphatic carbocycles. The Balaban J connectivity index is 1.63. The lowest BCUT2D eigenvalue weighted by atomic mass is 10.1. The smallest absolute Gasteiger partial charge is 0.272 e. The quantitative estimate of drug-likeness (QED) is 0.358. The molecule has 10 heteroatoms. The van der Waals surface area contributed by atoms with Crippen molar-refractivity contribution in [1.29, 1.82) is 0 Å². The van der Waals surface area contributed by atoms with Crippen LogP contribution in [0.1, 0.15) is 30.8 Å². The Morgan fingerprint density at radius 3 is 2.71 bits per heavy atom. The summed E-state index contributed by atoms with van der Waals surface area (Å²) in [6, 6.07) is 12.2. The Morgan fingerprint density at radius 1 is 1.13 bits per heavy atom. The molecule has 0 saturated heterocycles. The number of carbonyl (C=O) groups is 2. The molecule has 158 valence electrons. The molecule has 1 unspecified atom stereocenters. The maximum atomic E-state index is 13.0. The van der Waals surface area contributed by atoms with E-state index < -0.39 is 0 Å². The maximum Gasteiger partial charge on any atom is 0.272 e. The van der Waals surface area contributed by atoms with Crippen LogP contribution in [0.25, 0.3) is 22.3 Å². The lowest BCUT2D eigenvalue weighted by Crippen LogP contribution is -2.19. The number of carbonyl (C=O) groups excluding carboxylic acids is 2. The number of amides is 2. The summed E-state index contributed by atoms with van der Waals surface area (Å²) in [6.45, 7) is 3.83. The summed E-state index contributed by atoms with van der Waals surface area (Å²) in [5.74, 6) is -0.227. The minimum absolute atomic E-state index is 0.0680. The molecule has 9 nitrogen and oxygen atoms in total. The number of nitrogens with zero attached hydrogens (tertiary/aromatic N) is 3. The monoisotopic (exact) mass is 437 g/mol. The van der Waals surface area contributed by atoms with Crippen molar-refractivity contribution in [3.8, 4) is 11.4 Å². The minimum atomic E-state index is -0.359. The lowest BCUT2D eigenvalue weighted by Gasteiger charge is -2.10.